The molecule has 1 saturated heterocycles. The number of nitrogens with zero attached hydrogens (tertiary/aromatic N) is 1. The minimum absolute atomic E-state index is 0.00930. The van der Waals surface area contributed by atoms with Crippen LogP contribution in [0.2, 0.25) is 0 Å². The Morgan fingerprint density at radius 1 is 1.43 bits per heavy atom. The standard InChI is InChI=1S/C15H21N3O3/c1-21-13-7-4-5-11(9-13)14(19)18-8-3-2-6-12(18)10-17-15(16)20/h4-5,7,9,12H,2-3,6,8,10H2,1H3,(H3,16,17,20). The van der Waals surface area contributed by atoms with Crippen molar-refractivity contribution in [2.45, 2.75) is 25.3 Å². The molecule has 1 aliphatic rings. The summed E-state index contributed by atoms with van der Waals surface area (Å²) in [7, 11) is 1.57. The van der Waals surface area contributed by atoms with Crippen LogP contribution in [0.3, 0.4) is 0 Å². The Bertz CT molecular complexity index is 519. The van der Waals surface area contributed by atoms with Crippen LogP contribution in [0.15, 0.2) is 24.3 Å². The first-order valence-corrected chi connectivity index (χ1v) is 7.10. The smallest absolute Gasteiger partial charge is 0.312 e. The van der Waals surface area contributed by atoms with Crippen LogP contribution in [0.25, 0.3) is 0 Å². The maximum absolute atomic E-state index is 12.6. The van der Waals surface area contributed by atoms with Gasteiger partial charge < -0.3 is 20.7 Å². The Morgan fingerprint density at radius 3 is 2.95 bits per heavy atom. The van der Waals surface area contributed by atoms with Crippen LogP contribution in [0.4, 0.5) is 4.79 Å². The Labute approximate surface area is 124 Å². The molecule has 0 spiro atoms. The zero-order valence-corrected chi connectivity index (χ0v) is 12.2. The minimum Gasteiger partial charge on any atom is -0.497 e. The van der Waals surface area contributed by atoms with E-state index >= 15 is 0 Å². The first-order valence-electron chi connectivity index (χ1n) is 7.10. The number of piperidine rings is 1. The molecule has 6 heteroatoms. The van der Waals surface area contributed by atoms with E-state index in [9.17, 15) is 9.59 Å². The monoisotopic (exact) mass is 291 g/mol. The van der Waals surface area contributed by atoms with Gasteiger partial charge >= 0.3 is 6.03 Å². The third-order valence-corrected chi connectivity index (χ3v) is 3.72. The molecule has 0 bridgehead atoms. The van der Waals surface area contributed by atoms with E-state index in [0.29, 0.717) is 24.4 Å². The number of ether oxygens (including phenoxy) is 1. The number of rotatable bonds is 4. The van der Waals surface area contributed by atoms with Crippen molar-refractivity contribution in [1.29, 1.82) is 0 Å². The van der Waals surface area contributed by atoms with E-state index in [1.54, 1.807) is 31.4 Å². The first-order chi connectivity index (χ1) is 10.1. The topological polar surface area (TPSA) is 84.7 Å². The van der Waals surface area contributed by atoms with Crippen molar-refractivity contribution >= 4 is 11.9 Å². The van der Waals surface area contributed by atoms with Gasteiger partial charge in [0, 0.05) is 24.7 Å². The molecule has 2 rings (SSSR count). The lowest BCUT2D eigenvalue weighted by molar-refractivity contribution is 0.0615. The van der Waals surface area contributed by atoms with Crippen LogP contribution in [-0.2, 0) is 0 Å². The molecule has 1 aromatic carbocycles. The number of carbonyl (C=O) groups excluding carboxylic acids is 2. The maximum atomic E-state index is 12.6. The highest BCUT2D eigenvalue weighted by Crippen LogP contribution is 2.21. The second-order valence-electron chi connectivity index (χ2n) is 5.13. The Morgan fingerprint density at radius 2 is 2.24 bits per heavy atom. The maximum Gasteiger partial charge on any atom is 0.312 e. The van der Waals surface area contributed by atoms with Crippen LogP contribution in [0, 0.1) is 0 Å². The van der Waals surface area contributed by atoms with Crippen molar-refractivity contribution in [3.8, 4) is 5.75 Å². The number of methoxy groups -OCH3 is 1. The fourth-order valence-electron chi connectivity index (χ4n) is 2.62. The van der Waals surface area contributed by atoms with Gasteiger partial charge in [0.1, 0.15) is 5.75 Å². The lowest BCUT2D eigenvalue weighted by atomic mass is 10.0. The van der Waals surface area contributed by atoms with Crippen molar-refractivity contribution in [1.82, 2.24) is 10.2 Å². The molecule has 0 aliphatic carbocycles. The molecule has 1 atom stereocenters. The quantitative estimate of drug-likeness (QED) is 0.878. The molecule has 1 aromatic rings. The van der Waals surface area contributed by atoms with Crippen LogP contribution >= 0.6 is 0 Å². The fourth-order valence-corrected chi connectivity index (χ4v) is 2.62. The summed E-state index contributed by atoms with van der Waals surface area (Å²) >= 11 is 0. The number of hydrogen-bond acceptors (Lipinski definition) is 3. The molecule has 0 radical (unpaired) electrons. The predicted octanol–water partition coefficient (Wildman–Crippen LogP) is 1.36. The van der Waals surface area contributed by atoms with Crippen LogP contribution in [0.1, 0.15) is 29.6 Å². The fraction of sp³-hybridized carbons (Fsp3) is 0.467. The molecule has 1 unspecified atom stereocenters. The van der Waals surface area contributed by atoms with Crippen molar-refractivity contribution in [3.63, 3.8) is 0 Å². The summed E-state index contributed by atoms with van der Waals surface area (Å²) in [5.74, 6) is 0.620. The van der Waals surface area contributed by atoms with Crippen molar-refractivity contribution < 1.29 is 14.3 Å². The number of amides is 3. The largest absolute Gasteiger partial charge is 0.497 e. The molecule has 0 aromatic heterocycles. The summed E-state index contributed by atoms with van der Waals surface area (Å²) in [5.41, 5.74) is 5.71. The highest BCUT2D eigenvalue weighted by molar-refractivity contribution is 5.95. The SMILES string of the molecule is COc1cccc(C(=O)N2CCCCC2CNC(N)=O)c1. The van der Waals surface area contributed by atoms with Crippen molar-refractivity contribution in [3.05, 3.63) is 29.8 Å². The number of primary amides is 1. The average molecular weight is 291 g/mol. The van der Waals surface area contributed by atoms with Gasteiger partial charge in [-0.3, -0.25) is 4.79 Å². The van der Waals surface area contributed by atoms with Crippen molar-refractivity contribution in [2.75, 3.05) is 20.2 Å². The summed E-state index contributed by atoms with van der Waals surface area (Å²) in [6, 6.07) is 6.54. The van der Waals surface area contributed by atoms with E-state index < -0.39 is 6.03 Å². The van der Waals surface area contributed by atoms with Gasteiger partial charge in [-0.15, -0.1) is 0 Å². The third kappa shape index (κ3) is 3.87. The molecule has 114 valence electrons. The number of nitrogens with two attached hydrogens (primary N) is 1. The van der Waals surface area contributed by atoms with Crippen molar-refractivity contribution in [2.24, 2.45) is 5.73 Å². The van der Waals surface area contributed by atoms with Gasteiger partial charge in [-0.1, -0.05) is 6.07 Å². The third-order valence-electron chi connectivity index (χ3n) is 3.72. The van der Waals surface area contributed by atoms with Gasteiger partial charge in [0.2, 0.25) is 0 Å². The number of urea groups is 1. The molecule has 6 nitrogen and oxygen atoms in total. The van der Waals surface area contributed by atoms with Gasteiger partial charge in [-0.25, -0.2) is 4.79 Å². The van der Waals surface area contributed by atoms with E-state index in [0.717, 1.165) is 19.3 Å². The normalized spacial score (nSPS) is 18.1. The lowest BCUT2D eigenvalue weighted by Crippen LogP contribution is -2.50. The van der Waals surface area contributed by atoms with Crippen LogP contribution in [0.5, 0.6) is 5.75 Å². The summed E-state index contributed by atoms with van der Waals surface area (Å²) < 4.78 is 5.15. The molecule has 1 fully saturated rings. The molecule has 0 saturated carbocycles. The van der Waals surface area contributed by atoms with Gasteiger partial charge in [0.15, 0.2) is 0 Å². The van der Waals surface area contributed by atoms with E-state index in [1.165, 1.54) is 0 Å². The first kappa shape index (κ1) is 15.2. The Kier molecular flexibility index (Phi) is 5.03. The van der Waals surface area contributed by atoms with Gasteiger partial charge in [0.25, 0.3) is 5.91 Å². The summed E-state index contributed by atoms with van der Waals surface area (Å²) in [6.07, 6.45) is 2.89. The van der Waals surface area contributed by atoms with Gasteiger partial charge in [-0.05, 0) is 37.5 Å². The van der Waals surface area contributed by atoms with E-state index in [-0.39, 0.29) is 11.9 Å². The summed E-state index contributed by atoms with van der Waals surface area (Å²) in [5, 5.41) is 2.59. The van der Waals surface area contributed by atoms with Gasteiger partial charge in [-0.2, -0.15) is 0 Å². The molecule has 1 aliphatic heterocycles. The Hall–Kier alpha value is -2.24. The molecule has 3 amide bonds. The summed E-state index contributed by atoms with van der Waals surface area (Å²) in [6.45, 7) is 1.09. The average Bonchev–Trinajstić information content (AvgIpc) is 2.52. The molecular formula is C15H21N3O3. The number of likely N-dealkylation sites (tertiary alicyclic amines) is 1. The number of nitrogens with one attached hydrogen (secondary N) is 1. The Balaban J connectivity index is 2.11. The second kappa shape index (κ2) is 6.97. The van der Waals surface area contributed by atoms with Crippen LogP contribution < -0.4 is 15.8 Å². The number of benzene rings is 1. The molecule has 1 heterocycles. The molecule has 21 heavy (non-hydrogen) atoms. The van der Waals surface area contributed by atoms with E-state index in [2.05, 4.69) is 5.32 Å². The number of carbonyl (C=O) groups is 2. The predicted molar refractivity (Wildman–Crippen MR) is 79.3 cm³/mol. The van der Waals surface area contributed by atoms with E-state index in [1.807, 2.05) is 4.90 Å². The molecular weight excluding hydrogens is 270 g/mol. The zero-order chi connectivity index (χ0) is 15.2. The van der Waals surface area contributed by atoms with Crippen LogP contribution in [-0.4, -0.2) is 43.1 Å². The highest BCUT2D eigenvalue weighted by Gasteiger charge is 2.27. The highest BCUT2D eigenvalue weighted by atomic mass is 16.5. The number of hydrogen-bond donors (Lipinski definition) is 2. The second-order valence-corrected chi connectivity index (χ2v) is 5.13. The minimum atomic E-state index is -0.561. The lowest BCUT2D eigenvalue weighted by Gasteiger charge is -2.35. The van der Waals surface area contributed by atoms with E-state index in [4.69, 9.17) is 10.5 Å². The van der Waals surface area contributed by atoms with Gasteiger partial charge in [0.05, 0.1) is 7.11 Å². The zero-order valence-electron chi connectivity index (χ0n) is 12.2. The summed E-state index contributed by atoms with van der Waals surface area (Å²) in [4.78, 5) is 25.3. The molecule has 3 N–H and O–H groups in total.